The number of imidazole rings is 1. The van der Waals surface area contributed by atoms with Crippen molar-refractivity contribution in [1.29, 1.82) is 0 Å². The Kier molecular flexibility index (Phi) is 5.56. The fourth-order valence-corrected chi connectivity index (χ4v) is 3.19. The van der Waals surface area contributed by atoms with Gasteiger partial charge in [0.2, 0.25) is 0 Å². The number of hydrogen-bond donors (Lipinski definition) is 2. The van der Waals surface area contributed by atoms with Gasteiger partial charge in [-0.2, -0.15) is 0 Å². The molecule has 29 heavy (non-hydrogen) atoms. The molecule has 0 unspecified atom stereocenters. The molecule has 1 amide bonds. The first-order chi connectivity index (χ1) is 14.2. The van der Waals surface area contributed by atoms with Gasteiger partial charge in [-0.25, -0.2) is 4.98 Å². The van der Waals surface area contributed by atoms with E-state index in [0.717, 1.165) is 41.0 Å². The molecule has 0 fully saturated rings. The number of H-pyrrole nitrogens is 1. The van der Waals surface area contributed by atoms with Crippen molar-refractivity contribution in [3.63, 3.8) is 0 Å². The van der Waals surface area contributed by atoms with Crippen LogP contribution in [0.15, 0.2) is 78.9 Å². The average molecular weight is 385 g/mol. The zero-order valence-corrected chi connectivity index (χ0v) is 16.3. The average Bonchev–Trinajstić information content (AvgIpc) is 3.16. The molecule has 0 saturated heterocycles. The number of nitrogens with zero attached hydrogens (tertiary/aromatic N) is 1. The van der Waals surface area contributed by atoms with Crippen LogP contribution < -0.4 is 10.1 Å². The number of aromatic nitrogens is 2. The number of aryl methyl sites for hydroxylation is 2. The van der Waals surface area contributed by atoms with E-state index in [1.807, 2.05) is 72.8 Å². The number of amides is 1. The monoisotopic (exact) mass is 385 g/mol. The molecule has 1 atom stereocenters. The lowest BCUT2D eigenvalue weighted by Crippen LogP contribution is -2.30. The number of rotatable bonds is 7. The second kappa shape index (κ2) is 8.61. The van der Waals surface area contributed by atoms with Crippen molar-refractivity contribution in [3.05, 3.63) is 90.3 Å². The first-order valence-electron chi connectivity index (χ1n) is 9.72. The van der Waals surface area contributed by atoms with Gasteiger partial charge in [-0.05, 0) is 55.3 Å². The minimum absolute atomic E-state index is 0.178. The van der Waals surface area contributed by atoms with Crippen molar-refractivity contribution in [2.75, 3.05) is 5.32 Å². The van der Waals surface area contributed by atoms with Crippen LogP contribution in [0.5, 0.6) is 5.75 Å². The molecule has 146 valence electrons. The van der Waals surface area contributed by atoms with E-state index in [4.69, 9.17) is 4.74 Å². The van der Waals surface area contributed by atoms with Gasteiger partial charge in [-0.15, -0.1) is 0 Å². The highest BCUT2D eigenvalue weighted by atomic mass is 16.5. The lowest BCUT2D eigenvalue weighted by molar-refractivity contribution is -0.122. The largest absolute Gasteiger partial charge is 0.481 e. The summed E-state index contributed by atoms with van der Waals surface area (Å²) in [5, 5.41) is 2.93. The zero-order chi connectivity index (χ0) is 20.1. The van der Waals surface area contributed by atoms with E-state index >= 15 is 0 Å². The smallest absolute Gasteiger partial charge is 0.265 e. The Morgan fingerprint density at radius 2 is 1.79 bits per heavy atom. The zero-order valence-electron chi connectivity index (χ0n) is 16.3. The van der Waals surface area contributed by atoms with Gasteiger partial charge in [-0.1, -0.05) is 42.5 Å². The number of fused-ring (bicyclic) bond motifs is 1. The Morgan fingerprint density at radius 1 is 1.00 bits per heavy atom. The Bertz CT molecular complexity index is 1070. The number of hydrogen-bond acceptors (Lipinski definition) is 3. The van der Waals surface area contributed by atoms with Crippen LogP contribution in [-0.2, 0) is 17.6 Å². The van der Waals surface area contributed by atoms with E-state index in [1.165, 1.54) is 0 Å². The molecule has 0 radical (unpaired) electrons. The standard InChI is InChI=1S/C24H23N3O2/c1-17(29-20-10-3-2-4-11-20)24(28)25-19-9-7-8-18(16-19)14-15-23-26-21-12-5-6-13-22(21)27-23/h2-13,16-17H,14-15H2,1H3,(H,25,28)(H,26,27)/t17-/m1/s1. The van der Waals surface area contributed by atoms with Crippen molar-refractivity contribution >= 4 is 22.6 Å². The third-order valence-electron chi connectivity index (χ3n) is 4.71. The molecule has 3 aromatic carbocycles. The molecule has 5 heteroatoms. The number of aromatic amines is 1. The second-order valence-electron chi connectivity index (χ2n) is 6.96. The Morgan fingerprint density at radius 3 is 2.62 bits per heavy atom. The van der Waals surface area contributed by atoms with Gasteiger partial charge in [-0.3, -0.25) is 4.79 Å². The van der Waals surface area contributed by atoms with Crippen molar-refractivity contribution in [1.82, 2.24) is 9.97 Å². The number of para-hydroxylation sites is 3. The van der Waals surface area contributed by atoms with Crippen LogP contribution >= 0.6 is 0 Å². The molecule has 2 N–H and O–H groups in total. The lowest BCUT2D eigenvalue weighted by Gasteiger charge is -2.15. The summed E-state index contributed by atoms with van der Waals surface area (Å²) < 4.78 is 5.69. The number of benzene rings is 3. The number of ether oxygens (including phenoxy) is 1. The fourth-order valence-electron chi connectivity index (χ4n) is 3.19. The lowest BCUT2D eigenvalue weighted by atomic mass is 10.1. The number of anilines is 1. The summed E-state index contributed by atoms with van der Waals surface area (Å²) in [6, 6.07) is 25.3. The molecule has 0 aliphatic heterocycles. The SMILES string of the molecule is C[C@@H](Oc1ccccc1)C(=O)Nc1cccc(CCc2nc3ccccc3[nH]2)c1. The molecule has 4 rings (SSSR count). The van der Waals surface area contributed by atoms with Crippen molar-refractivity contribution < 1.29 is 9.53 Å². The summed E-state index contributed by atoms with van der Waals surface area (Å²) in [7, 11) is 0. The van der Waals surface area contributed by atoms with Gasteiger partial charge in [0, 0.05) is 12.1 Å². The normalized spacial score (nSPS) is 11.9. The fraction of sp³-hybridized carbons (Fsp3) is 0.167. The molecule has 0 aliphatic carbocycles. The van der Waals surface area contributed by atoms with E-state index in [-0.39, 0.29) is 5.91 Å². The topological polar surface area (TPSA) is 67.0 Å². The van der Waals surface area contributed by atoms with Crippen LogP contribution in [0.25, 0.3) is 11.0 Å². The third kappa shape index (κ3) is 4.82. The highest BCUT2D eigenvalue weighted by Gasteiger charge is 2.15. The van der Waals surface area contributed by atoms with Crippen molar-refractivity contribution in [2.45, 2.75) is 25.9 Å². The maximum Gasteiger partial charge on any atom is 0.265 e. The summed E-state index contributed by atoms with van der Waals surface area (Å²) in [6.45, 7) is 1.74. The van der Waals surface area contributed by atoms with E-state index in [0.29, 0.717) is 5.75 Å². The molecule has 0 spiro atoms. The first-order valence-corrected chi connectivity index (χ1v) is 9.72. The van der Waals surface area contributed by atoms with Gasteiger partial charge >= 0.3 is 0 Å². The molecule has 0 bridgehead atoms. The summed E-state index contributed by atoms with van der Waals surface area (Å²) >= 11 is 0. The predicted molar refractivity (Wildman–Crippen MR) is 115 cm³/mol. The van der Waals surface area contributed by atoms with Gasteiger partial charge in [0.25, 0.3) is 5.91 Å². The van der Waals surface area contributed by atoms with Crippen LogP contribution in [-0.4, -0.2) is 22.0 Å². The Labute approximate surface area is 169 Å². The van der Waals surface area contributed by atoms with Crippen molar-refractivity contribution in [2.24, 2.45) is 0 Å². The highest BCUT2D eigenvalue weighted by Crippen LogP contribution is 2.16. The predicted octanol–water partition coefficient (Wildman–Crippen LogP) is 4.75. The number of nitrogens with one attached hydrogen (secondary N) is 2. The minimum Gasteiger partial charge on any atom is -0.481 e. The van der Waals surface area contributed by atoms with E-state index < -0.39 is 6.10 Å². The summed E-state index contributed by atoms with van der Waals surface area (Å²) in [5.74, 6) is 1.46. The van der Waals surface area contributed by atoms with Crippen LogP contribution in [0.1, 0.15) is 18.3 Å². The molecule has 0 aliphatic rings. The van der Waals surface area contributed by atoms with Crippen LogP contribution in [0.3, 0.4) is 0 Å². The Balaban J connectivity index is 1.36. The summed E-state index contributed by atoms with van der Waals surface area (Å²) in [4.78, 5) is 20.4. The van der Waals surface area contributed by atoms with Crippen LogP contribution in [0.2, 0.25) is 0 Å². The van der Waals surface area contributed by atoms with Crippen LogP contribution in [0.4, 0.5) is 5.69 Å². The number of carbonyl (C=O) groups is 1. The van der Waals surface area contributed by atoms with E-state index in [1.54, 1.807) is 6.92 Å². The summed E-state index contributed by atoms with van der Waals surface area (Å²) in [6.07, 6.45) is 1.05. The minimum atomic E-state index is -0.586. The molecular formula is C24H23N3O2. The Hall–Kier alpha value is -3.60. The van der Waals surface area contributed by atoms with Crippen LogP contribution in [0, 0.1) is 0 Å². The first kappa shape index (κ1) is 18.7. The highest BCUT2D eigenvalue weighted by molar-refractivity contribution is 5.94. The summed E-state index contributed by atoms with van der Waals surface area (Å²) in [5.41, 5.74) is 3.94. The quantitative estimate of drug-likeness (QED) is 0.482. The molecule has 4 aromatic rings. The molecule has 0 saturated carbocycles. The van der Waals surface area contributed by atoms with Crippen molar-refractivity contribution in [3.8, 4) is 5.75 Å². The second-order valence-corrected chi connectivity index (χ2v) is 6.96. The third-order valence-corrected chi connectivity index (χ3v) is 4.71. The van der Waals surface area contributed by atoms with Gasteiger partial charge < -0.3 is 15.0 Å². The molecule has 5 nitrogen and oxygen atoms in total. The van der Waals surface area contributed by atoms with Gasteiger partial charge in [0.05, 0.1) is 11.0 Å². The van der Waals surface area contributed by atoms with Gasteiger partial charge in [0.15, 0.2) is 6.10 Å². The van der Waals surface area contributed by atoms with E-state index in [9.17, 15) is 4.79 Å². The van der Waals surface area contributed by atoms with Gasteiger partial charge in [0.1, 0.15) is 11.6 Å². The number of carbonyl (C=O) groups excluding carboxylic acids is 1. The molecule has 1 aromatic heterocycles. The molecule has 1 heterocycles. The maximum absolute atomic E-state index is 12.5. The molecular weight excluding hydrogens is 362 g/mol. The van der Waals surface area contributed by atoms with E-state index in [2.05, 4.69) is 21.4 Å². The maximum atomic E-state index is 12.5.